The third kappa shape index (κ3) is 5.77. The maximum Gasteiger partial charge on any atom is 0.240 e. The lowest BCUT2D eigenvalue weighted by Gasteiger charge is -2.16. The molecule has 1 aromatic carbocycles. The van der Waals surface area contributed by atoms with Crippen LogP contribution in [0.4, 0.5) is 0 Å². The Morgan fingerprint density at radius 1 is 1.19 bits per heavy atom. The Labute approximate surface area is 129 Å². The van der Waals surface area contributed by atoms with E-state index in [9.17, 15) is 8.42 Å². The molecule has 0 saturated heterocycles. The minimum Gasteiger partial charge on any atom is -0.310 e. The summed E-state index contributed by atoms with van der Waals surface area (Å²) in [5, 5.41) is 3.29. The van der Waals surface area contributed by atoms with Crippen molar-refractivity contribution >= 4 is 10.0 Å². The quantitative estimate of drug-likeness (QED) is 0.736. The summed E-state index contributed by atoms with van der Waals surface area (Å²) in [6, 6.07) is 7.26. The highest BCUT2D eigenvalue weighted by atomic mass is 32.2. The van der Waals surface area contributed by atoms with Gasteiger partial charge in [-0.1, -0.05) is 38.8 Å². The molecule has 0 aliphatic heterocycles. The van der Waals surface area contributed by atoms with Crippen molar-refractivity contribution in [1.82, 2.24) is 10.0 Å². The molecule has 120 valence electrons. The topological polar surface area (TPSA) is 58.2 Å². The summed E-state index contributed by atoms with van der Waals surface area (Å²) in [5.74, 6) is 0. The van der Waals surface area contributed by atoms with Gasteiger partial charge in [0, 0.05) is 12.1 Å². The fourth-order valence-electron chi connectivity index (χ4n) is 2.28. The van der Waals surface area contributed by atoms with E-state index >= 15 is 0 Å². The molecule has 0 aromatic heterocycles. The van der Waals surface area contributed by atoms with Crippen molar-refractivity contribution in [3.63, 3.8) is 0 Å². The third-order valence-corrected chi connectivity index (χ3v) is 5.11. The first-order chi connectivity index (χ1) is 9.90. The smallest absolute Gasteiger partial charge is 0.240 e. The summed E-state index contributed by atoms with van der Waals surface area (Å²) < 4.78 is 27.6. The predicted octanol–water partition coefficient (Wildman–Crippen LogP) is 3.21. The van der Waals surface area contributed by atoms with Gasteiger partial charge < -0.3 is 5.32 Å². The lowest BCUT2D eigenvalue weighted by molar-refractivity contribution is 0.534. The van der Waals surface area contributed by atoms with E-state index in [1.807, 2.05) is 26.8 Å². The van der Waals surface area contributed by atoms with Crippen LogP contribution in [0.15, 0.2) is 29.2 Å². The highest BCUT2D eigenvalue weighted by molar-refractivity contribution is 7.89. The van der Waals surface area contributed by atoms with Crippen molar-refractivity contribution in [3.05, 3.63) is 29.8 Å². The second-order valence-corrected chi connectivity index (χ2v) is 7.23. The second kappa shape index (κ2) is 8.51. The Balaban J connectivity index is 2.85. The Bertz CT molecular complexity index is 529. The minimum atomic E-state index is -3.44. The zero-order valence-electron chi connectivity index (χ0n) is 13.5. The second-order valence-electron chi connectivity index (χ2n) is 5.52. The molecule has 0 aliphatic rings. The fraction of sp³-hybridized carbons (Fsp3) is 0.625. The maximum absolute atomic E-state index is 12.4. The number of hydrogen-bond donors (Lipinski definition) is 2. The molecule has 4 nitrogen and oxygen atoms in total. The largest absolute Gasteiger partial charge is 0.310 e. The van der Waals surface area contributed by atoms with Crippen LogP contribution in [0.1, 0.15) is 58.6 Å². The Morgan fingerprint density at radius 3 is 2.52 bits per heavy atom. The average Bonchev–Trinajstić information content (AvgIpc) is 2.45. The molecule has 1 rings (SSSR count). The number of hydrogen-bond acceptors (Lipinski definition) is 3. The fourth-order valence-corrected chi connectivity index (χ4v) is 3.61. The van der Waals surface area contributed by atoms with E-state index in [1.165, 1.54) is 0 Å². The van der Waals surface area contributed by atoms with E-state index in [0.717, 1.165) is 31.4 Å². The molecule has 0 amide bonds. The number of nitrogens with one attached hydrogen (secondary N) is 2. The molecule has 0 aliphatic carbocycles. The van der Waals surface area contributed by atoms with Crippen LogP contribution in [0.3, 0.4) is 0 Å². The van der Waals surface area contributed by atoms with Gasteiger partial charge in [0.25, 0.3) is 0 Å². The van der Waals surface area contributed by atoms with E-state index in [1.54, 1.807) is 18.2 Å². The normalized spacial score (nSPS) is 14.9. The Morgan fingerprint density at radius 2 is 1.90 bits per heavy atom. The predicted molar refractivity (Wildman–Crippen MR) is 87.8 cm³/mol. The molecule has 2 atom stereocenters. The molecule has 0 heterocycles. The van der Waals surface area contributed by atoms with Gasteiger partial charge in [0.05, 0.1) is 4.90 Å². The average molecular weight is 312 g/mol. The summed E-state index contributed by atoms with van der Waals surface area (Å²) >= 11 is 0. The van der Waals surface area contributed by atoms with Crippen molar-refractivity contribution in [2.45, 2.75) is 63.9 Å². The van der Waals surface area contributed by atoms with Gasteiger partial charge in [-0.3, -0.25) is 0 Å². The third-order valence-electron chi connectivity index (χ3n) is 3.53. The minimum absolute atomic E-state index is 0.0372. The maximum atomic E-state index is 12.4. The van der Waals surface area contributed by atoms with Crippen molar-refractivity contribution in [1.29, 1.82) is 0 Å². The first-order valence-electron chi connectivity index (χ1n) is 7.76. The lowest BCUT2D eigenvalue weighted by atomic mass is 10.1. The lowest BCUT2D eigenvalue weighted by Crippen LogP contribution is -2.32. The van der Waals surface area contributed by atoms with Crippen LogP contribution in [-0.2, 0) is 10.0 Å². The van der Waals surface area contributed by atoms with E-state index in [0.29, 0.717) is 4.90 Å². The molecule has 2 N–H and O–H groups in total. The van der Waals surface area contributed by atoms with Gasteiger partial charge in [-0.2, -0.15) is 0 Å². The van der Waals surface area contributed by atoms with E-state index in [-0.39, 0.29) is 12.1 Å². The van der Waals surface area contributed by atoms with Crippen molar-refractivity contribution in [3.8, 4) is 0 Å². The Hall–Kier alpha value is -0.910. The molecular formula is C16H28N2O2S. The van der Waals surface area contributed by atoms with Crippen molar-refractivity contribution in [2.75, 3.05) is 6.54 Å². The molecule has 2 unspecified atom stereocenters. The monoisotopic (exact) mass is 312 g/mol. The summed E-state index contributed by atoms with van der Waals surface area (Å²) in [5.41, 5.74) is 0.987. The first kappa shape index (κ1) is 18.1. The number of sulfonamides is 1. The van der Waals surface area contributed by atoms with E-state index in [4.69, 9.17) is 0 Å². The summed E-state index contributed by atoms with van der Waals surface area (Å²) in [4.78, 5) is 0.341. The van der Waals surface area contributed by atoms with E-state index < -0.39 is 10.0 Å². The first-order valence-corrected chi connectivity index (χ1v) is 9.24. The zero-order chi connectivity index (χ0) is 15.9. The zero-order valence-corrected chi connectivity index (χ0v) is 14.3. The van der Waals surface area contributed by atoms with Crippen LogP contribution >= 0.6 is 0 Å². The molecule has 1 aromatic rings. The molecule has 0 radical (unpaired) electrons. The summed E-state index contributed by atoms with van der Waals surface area (Å²) in [6.07, 6.45) is 2.96. The van der Waals surface area contributed by atoms with Gasteiger partial charge in [0.1, 0.15) is 0 Å². The molecular weight excluding hydrogens is 284 g/mol. The van der Waals surface area contributed by atoms with Gasteiger partial charge >= 0.3 is 0 Å². The number of unbranched alkanes of at least 4 members (excludes halogenated alkanes) is 1. The standard InChI is InChI=1S/C16H28N2O2S/c1-5-7-9-13(3)18-21(19,20)16-11-8-10-15(12-16)14(4)17-6-2/h8,10-14,17-18H,5-7,9H2,1-4H3. The van der Waals surface area contributed by atoms with Gasteiger partial charge in [0.2, 0.25) is 10.0 Å². The highest BCUT2D eigenvalue weighted by Crippen LogP contribution is 2.18. The van der Waals surface area contributed by atoms with Crippen LogP contribution in [0.25, 0.3) is 0 Å². The number of rotatable bonds is 9. The van der Waals surface area contributed by atoms with Crippen molar-refractivity contribution in [2.24, 2.45) is 0 Å². The van der Waals surface area contributed by atoms with Crippen LogP contribution in [0.5, 0.6) is 0 Å². The van der Waals surface area contributed by atoms with Crippen LogP contribution in [-0.4, -0.2) is 21.0 Å². The SMILES string of the molecule is CCCCC(C)NS(=O)(=O)c1cccc(C(C)NCC)c1. The Kier molecular flexibility index (Phi) is 7.35. The van der Waals surface area contributed by atoms with Gasteiger partial charge in [-0.25, -0.2) is 13.1 Å². The molecule has 0 bridgehead atoms. The molecule has 0 spiro atoms. The molecule has 0 saturated carbocycles. The van der Waals surface area contributed by atoms with Crippen LogP contribution in [0.2, 0.25) is 0 Å². The molecule has 21 heavy (non-hydrogen) atoms. The summed E-state index contributed by atoms with van der Waals surface area (Å²) in [7, 11) is -3.44. The van der Waals surface area contributed by atoms with Crippen molar-refractivity contribution < 1.29 is 8.42 Å². The van der Waals surface area contributed by atoms with Gasteiger partial charge in [-0.15, -0.1) is 0 Å². The van der Waals surface area contributed by atoms with Gasteiger partial charge in [-0.05, 0) is 44.5 Å². The number of benzene rings is 1. The van der Waals surface area contributed by atoms with Gasteiger partial charge in [0.15, 0.2) is 0 Å². The molecule has 5 heteroatoms. The van der Waals surface area contributed by atoms with Crippen LogP contribution < -0.4 is 10.0 Å². The van der Waals surface area contributed by atoms with Crippen LogP contribution in [0, 0.1) is 0 Å². The molecule has 0 fully saturated rings. The summed E-state index contributed by atoms with van der Waals surface area (Å²) in [6.45, 7) is 8.94. The van der Waals surface area contributed by atoms with E-state index in [2.05, 4.69) is 17.0 Å². The highest BCUT2D eigenvalue weighted by Gasteiger charge is 2.18.